The molecule has 1 N–H and O–H groups in total. The first-order valence-electron chi connectivity index (χ1n) is 5.49. The normalized spacial score (nSPS) is 11.8. The maximum absolute atomic E-state index is 3.43. The van der Waals surface area contributed by atoms with Crippen LogP contribution < -0.4 is 5.32 Å². The van der Waals surface area contributed by atoms with Crippen LogP contribution in [0.3, 0.4) is 0 Å². The summed E-state index contributed by atoms with van der Waals surface area (Å²) in [5.74, 6) is 0. The van der Waals surface area contributed by atoms with E-state index in [1.807, 2.05) is 0 Å². The molecule has 0 fully saturated rings. The van der Waals surface area contributed by atoms with E-state index >= 15 is 0 Å². The molecule has 0 radical (unpaired) electrons. The van der Waals surface area contributed by atoms with E-state index in [1.54, 1.807) is 0 Å². The van der Waals surface area contributed by atoms with Gasteiger partial charge in [-0.05, 0) is 19.4 Å². The predicted octanol–water partition coefficient (Wildman–Crippen LogP) is 3.59. The predicted molar refractivity (Wildman–Crippen MR) is 58.6 cm³/mol. The molecule has 0 bridgehead atoms. The quantitative estimate of drug-likeness (QED) is 0.670. The van der Waals surface area contributed by atoms with Crippen molar-refractivity contribution in [3.63, 3.8) is 0 Å². The summed E-state index contributed by atoms with van der Waals surface area (Å²) in [6.45, 7) is 12.0. The van der Waals surface area contributed by atoms with Crippen LogP contribution in [0.15, 0.2) is 0 Å². The monoisotopic (exact) mass is 173 g/mol. The molecule has 76 valence electrons. The Hall–Kier alpha value is -0.0400. The standard InChI is InChI=1S/C8H19N.C3H8/c1-4-7-8(5-2)9-6-3;1-3-2/h8-9H,4-7H2,1-3H3;3H2,1-2H3. The summed E-state index contributed by atoms with van der Waals surface area (Å²) in [6.07, 6.45) is 5.14. The van der Waals surface area contributed by atoms with E-state index in [9.17, 15) is 0 Å². The van der Waals surface area contributed by atoms with Crippen LogP contribution in [0.1, 0.15) is 60.3 Å². The number of hydrogen-bond acceptors (Lipinski definition) is 1. The molecular formula is C11H27N. The average molecular weight is 173 g/mol. The first-order chi connectivity index (χ1) is 5.76. The lowest BCUT2D eigenvalue weighted by Crippen LogP contribution is -2.27. The van der Waals surface area contributed by atoms with E-state index in [0.29, 0.717) is 0 Å². The number of nitrogens with one attached hydrogen (secondary N) is 1. The van der Waals surface area contributed by atoms with Crippen LogP contribution in [0.2, 0.25) is 0 Å². The molecule has 0 aromatic carbocycles. The van der Waals surface area contributed by atoms with Crippen LogP contribution in [0.4, 0.5) is 0 Å². The summed E-state index contributed by atoms with van der Waals surface area (Å²) < 4.78 is 0. The van der Waals surface area contributed by atoms with E-state index in [-0.39, 0.29) is 0 Å². The van der Waals surface area contributed by atoms with E-state index in [4.69, 9.17) is 0 Å². The summed E-state index contributed by atoms with van der Waals surface area (Å²) in [6, 6.07) is 0.764. The molecule has 0 aliphatic rings. The highest BCUT2D eigenvalue weighted by Gasteiger charge is 1.99. The Morgan fingerprint density at radius 1 is 1.00 bits per heavy atom. The molecule has 0 saturated heterocycles. The molecule has 1 nitrogen and oxygen atoms in total. The molecule has 0 amide bonds. The number of rotatable bonds is 5. The molecule has 0 rings (SSSR count). The Bertz CT molecular complexity index is 56.0. The second-order valence-electron chi connectivity index (χ2n) is 3.16. The summed E-state index contributed by atoms with van der Waals surface area (Å²) >= 11 is 0. The van der Waals surface area contributed by atoms with Crippen LogP contribution >= 0.6 is 0 Å². The maximum atomic E-state index is 3.43. The summed E-state index contributed by atoms with van der Waals surface area (Å²) in [7, 11) is 0. The van der Waals surface area contributed by atoms with Gasteiger partial charge in [-0.2, -0.15) is 0 Å². The fraction of sp³-hybridized carbons (Fsp3) is 1.00. The van der Waals surface area contributed by atoms with Gasteiger partial charge in [0.1, 0.15) is 0 Å². The lowest BCUT2D eigenvalue weighted by molar-refractivity contribution is 0.476. The van der Waals surface area contributed by atoms with Crippen molar-refractivity contribution in [3.8, 4) is 0 Å². The highest BCUT2D eigenvalue weighted by Crippen LogP contribution is 1.99. The second-order valence-corrected chi connectivity index (χ2v) is 3.16. The van der Waals surface area contributed by atoms with Crippen molar-refractivity contribution in [2.45, 2.75) is 66.3 Å². The average Bonchev–Trinajstić information content (AvgIpc) is 2.05. The minimum atomic E-state index is 0.764. The van der Waals surface area contributed by atoms with Gasteiger partial charge in [0, 0.05) is 6.04 Å². The minimum absolute atomic E-state index is 0.764. The summed E-state index contributed by atoms with van der Waals surface area (Å²) in [5.41, 5.74) is 0. The zero-order chi connectivity index (χ0) is 9.82. The van der Waals surface area contributed by atoms with Crippen molar-refractivity contribution < 1.29 is 0 Å². The first-order valence-corrected chi connectivity index (χ1v) is 5.49. The van der Waals surface area contributed by atoms with Crippen molar-refractivity contribution in [1.82, 2.24) is 5.32 Å². The highest BCUT2D eigenvalue weighted by molar-refractivity contribution is 4.61. The van der Waals surface area contributed by atoms with Crippen LogP contribution in [0.5, 0.6) is 0 Å². The molecule has 0 saturated carbocycles. The smallest absolute Gasteiger partial charge is 0.00642 e. The third kappa shape index (κ3) is 12.6. The van der Waals surface area contributed by atoms with Gasteiger partial charge >= 0.3 is 0 Å². The van der Waals surface area contributed by atoms with Gasteiger partial charge in [-0.3, -0.25) is 0 Å². The molecule has 0 aliphatic carbocycles. The van der Waals surface area contributed by atoms with Gasteiger partial charge in [0.05, 0.1) is 0 Å². The third-order valence-corrected chi connectivity index (χ3v) is 1.62. The van der Waals surface area contributed by atoms with Crippen molar-refractivity contribution in [2.75, 3.05) is 6.54 Å². The fourth-order valence-corrected chi connectivity index (χ4v) is 1.09. The van der Waals surface area contributed by atoms with Gasteiger partial charge in [0.15, 0.2) is 0 Å². The fourth-order valence-electron chi connectivity index (χ4n) is 1.09. The van der Waals surface area contributed by atoms with Gasteiger partial charge in [-0.15, -0.1) is 0 Å². The Labute approximate surface area is 78.9 Å². The van der Waals surface area contributed by atoms with Crippen molar-refractivity contribution in [2.24, 2.45) is 0 Å². The molecule has 0 heterocycles. The molecule has 0 aromatic heterocycles. The van der Waals surface area contributed by atoms with Crippen molar-refractivity contribution >= 4 is 0 Å². The Morgan fingerprint density at radius 2 is 1.50 bits per heavy atom. The largest absolute Gasteiger partial charge is 0.314 e. The van der Waals surface area contributed by atoms with E-state index in [1.165, 1.54) is 25.7 Å². The molecule has 0 spiro atoms. The van der Waals surface area contributed by atoms with Gasteiger partial charge in [0.2, 0.25) is 0 Å². The van der Waals surface area contributed by atoms with E-state index < -0.39 is 0 Å². The van der Waals surface area contributed by atoms with Crippen molar-refractivity contribution in [3.05, 3.63) is 0 Å². The van der Waals surface area contributed by atoms with Gasteiger partial charge in [-0.25, -0.2) is 0 Å². The Balaban J connectivity index is 0. The number of hydrogen-bond donors (Lipinski definition) is 1. The topological polar surface area (TPSA) is 12.0 Å². The van der Waals surface area contributed by atoms with Crippen LogP contribution in [0.25, 0.3) is 0 Å². The van der Waals surface area contributed by atoms with Gasteiger partial charge in [-0.1, -0.05) is 47.5 Å². The molecule has 1 atom stereocenters. The molecular weight excluding hydrogens is 146 g/mol. The Morgan fingerprint density at radius 3 is 1.75 bits per heavy atom. The summed E-state index contributed by atoms with van der Waals surface area (Å²) in [4.78, 5) is 0. The lowest BCUT2D eigenvalue weighted by Gasteiger charge is -2.13. The third-order valence-electron chi connectivity index (χ3n) is 1.62. The molecule has 0 aliphatic heterocycles. The zero-order valence-electron chi connectivity index (χ0n) is 9.61. The molecule has 0 aromatic rings. The maximum Gasteiger partial charge on any atom is 0.00642 e. The second kappa shape index (κ2) is 13.5. The zero-order valence-corrected chi connectivity index (χ0v) is 9.61. The lowest BCUT2D eigenvalue weighted by atomic mass is 10.1. The first kappa shape index (κ1) is 14.5. The Kier molecular flexibility index (Phi) is 16.3. The van der Waals surface area contributed by atoms with Gasteiger partial charge in [0.25, 0.3) is 0 Å². The molecule has 1 heteroatoms. The van der Waals surface area contributed by atoms with Crippen LogP contribution in [0, 0.1) is 0 Å². The van der Waals surface area contributed by atoms with Crippen LogP contribution in [-0.2, 0) is 0 Å². The van der Waals surface area contributed by atoms with Crippen molar-refractivity contribution in [1.29, 1.82) is 0 Å². The van der Waals surface area contributed by atoms with E-state index in [0.717, 1.165) is 12.6 Å². The van der Waals surface area contributed by atoms with Gasteiger partial charge < -0.3 is 5.32 Å². The van der Waals surface area contributed by atoms with E-state index in [2.05, 4.69) is 39.9 Å². The van der Waals surface area contributed by atoms with Crippen LogP contribution in [-0.4, -0.2) is 12.6 Å². The molecule has 12 heavy (non-hydrogen) atoms. The molecule has 1 unspecified atom stereocenters. The minimum Gasteiger partial charge on any atom is -0.314 e. The highest BCUT2D eigenvalue weighted by atomic mass is 14.9. The SMILES string of the molecule is CCC.CCCC(CC)NCC. The summed E-state index contributed by atoms with van der Waals surface area (Å²) in [5, 5.41) is 3.43.